The van der Waals surface area contributed by atoms with Gasteiger partial charge in [-0.1, -0.05) is 76.3 Å². The van der Waals surface area contributed by atoms with Gasteiger partial charge >= 0.3 is 0 Å². The first-order valence-corrected chi connectivity index (χ1v) is 17.4. The highest BCUT2D eigenvalue weighted by Gasteiger charge is 2.34. The number of terminal acetylenes is 1. The molecule has 1 aliphatic carbocycles. The molecule has 1 saturated carbocycles. The van der Waals surface area contributed by atoms with Crippen LogP contribution in [0.15, 0.2) is 30.3 Å². The molecule has 0 aliphatic heterocycles. The number of halogens is 3. The molecule has 5 atom stereocenters. The minimum absolute atomic E-state index is 0.0928. The Morgan fingerprint density at radius 1 is 0.980 bits per heavy atom. The van der Waals surface area contributed by atoms with Crippen LogP contribution in [0.2, 0.25) is 0 Å². The van der Waals surface area contributed by atoms with Crippen LogP contribution in [0.4, 0.5) is 13.2 Å². The maximum atomic E-state index is 13.8. The van der Waals surface area contributed by atoms with Gasteiger partial charge in [-0.15, -0.1) is 12.3 Å². The second-order valence-corrected chi connectivity index (χ2v) is 13.6. The molecule has 278 valence electrons. The Labute approximate surface area is 291 Å². The first-order chi connectivity index (χ1) is 23.4. The van der Waals surface area contributed by atoms with Crippen molar-refractivity contribution in [3.8, 4) is 12.3 Å². The lowest BCUT2D eigenvalue weighted by atomic mass is 9.82. The maximum Gasteiger partial charge on any atom is 0.242 e. The van der Waals surface area contributed by atoms with E-state index in [1.54, 1.807) is 14.1 Å². The number of aliphatic hydroxyl groups is 2. The van der Waals surface area contributed by atoms with Crippen LogP contribution in [0.5, 0.6) is 0 Å². The fourth-order valence-corrected chi connectivity index (χ4v) is 6.05. The van der Waals surface area contributed by atoms with Gasteiger partial charge in [-0.2, -0.15) is 0 Å². The molecule has 49 heavy (non-hydrogen) atoms. The highest BCUT2D eigenvalue weighted by molar-refractivity contribution is 5.91. The molecule has 2 rings (SSSR count). The summed E-state index contributed by atoms with van der Waals surface area (Å²) in [6.07, 6.45) is 10.3. The van der Waals surface area contributed by atoms with Crippen molar-refractivity contribution in [2.75, 3.05) is 40.9 Å². The molecule has 1 aliphatic rings. The smallest absolute Gasteiger partial charge is 0.242 e. The van der Waals surface area contributed by atoms with Crippen LogP contribution in [-0.4, -0.2) is 103 Å². The molecule has 1 aromatic carbocycles. The van der Waals surface area contributed by atoms with E-state index in [9.17, 15) is 37.8 Å². The predicted molar refractivity (Wildman–Crippen MR) is 186 cm³/mol. The van der Waals surface area contributed by atoms with E-state index in [1.807, 2.05) is 44.2 Å². The molecule has 0 heterocycles. The van der Waals surface area contributed by atoms with Crippen molar-refractivity contribution in [1.29, 1.82) is 0 Å². The number of amides is 3. The zero-order valence-corrected chi connectivity index (χ0v) is 29.8. The summed E-state index contributed by atoms with van der Waals surface area (Å²) in [7, 11) is 3.25. The predicted octanol–water partition coefficient (Wildman–Crippen LogP) is 4.56. The highest BCUT2D eigenvalue weighted by atomic mass is 19.3. The lowest BCUT2D eigenvalue weighted by Crippen LogP contribution is -2.56. The largest absolute Gasteiger partial charge is 0.390 e. The van der Waals surface area contributed by atoms with Crippen molar-refractivity contribution in [1.82, 2.24) is 20.4 Å². The van der Waals surface area contributed by atoms with E-state index in [0.717, 1.165) is 31.2 Å². The van der Waals surface area contributed by atoms with Gasteiger partial charge in [0.05, 0.1) is 18.1 Å². The first-order valence-electron chi connectivity index (χ1n) is 17.4. The lowest BCUT2D eigenvalue weighted by molar-refractivity contribution is -0.137. The molecule has 1 aromatic rings. The lowest BCUT2D eigenvalue weighted by Gasteiger charge is -2.34. The summed E-state index contributed by atoms with van der Waals surface area (Å²) in [5, 5.41) is 27.8. The van der Waals surface area contributed by atoms with E-state index >= 15 is 0 Å². The van der Waals surface area contributed by atoms with Crippen LogP contribution < -0.4 is 10.6 Å². The molecular formula is C37H59F3N4O5. The third-order valence-electron chi connectivity index (χ3n) is 8.93. The third-order valence-corrected chi connectivity index (χ3v) is 8.93. The van der Waals surface area contributed by atoms with Gasteiger partial charge in [0.1, 0.15) is 18.9 Å². The fourth-order valence-electron chi connectivity index (χ4n) is 6.05. The summed E-state index contributed by atoms with van der Waals surface area (Å²) in [6.45, 7) is 2.21. The molecule has 4 N–H and O–H groups in total. The standard InChI is InChI=1S/C36H57FN4O5.CH2F2/c1-6-7-18-30(36(46)39-31(23-28-16-12-9-13-17-28)34(44)32(42)21-26(2)3)38-35(45)29(22-27-14-10-8-11-15-27)24-33(43)41(5)20-19-40(4)25-37;2-1-3/h1,8,10-11,14-15,26,28-32,34,42,44H,7,9,12-13,16-25H2,2-5H3,(H,38,45)(H,39,46);1H2/t29?,30-,31?,32?,34?;/m0./s1. The van der Waals surface area contributed by atoms with Gasteiger partial charge < -0.3 is 25.7 Å². The van der Waals surface area contributed by atoms with Crippen molar-refractivity contribution in [3.05, 3.63) is 35.9 Å². The summed E-state index contributed by atoms with van der Waals surface area (Å²) >= 11 is 0. The Kier molecular flexibility index (Phi) is 22.3. The van der Waals surface area contributed by atoms with Crippen molar-refractivity contribution >= 4 is 17.7 Å². The van der Waals surface area contributed by atoms with Gasteiger partial charge in [0.2, 0.25) is 24.6 Å². The van der Waals surface area contributed by atoms with Crippen LogP contribution in [-0.2, 0) is 20.8 Å². The number of carbonyl (C=O) groups excluding carboxylic acids is 3. The molecule has 0 spiro atoms. The quantitative estimate of drug-likeness (QED) is 0.117. The second kappa shape index (κ2) is 24.9. The first kappa shape index (κ1) is 43.9. The minimum Gasteiger partial charge on any atom is -0.390 e. The Balaban J connectivity index is 0.00000385. The molecule has 3 amide bonds. The molecular weight excluding hydrogens is 637 g/mol. The van der Waals surface area contributed by atoms with Crippen molar-refractivity contribution < 1.29 is 37.8 Å². The molecule has 1 fully saturated rings. The van der Waals surface area contributed by atoms with E-state index in [0.29, 0.717) is 31.8 Å². The number of hydrogen-bond donors (Lipinski definition) is 4. The molecule has 9 nitrogen and oxygen atoms in total. The van der Waals surface area contributed by atoms with E-state index in [2.05, 4.69) is 16.6 Å². The SMILES string of the molecule is C#CCC[C@H](NC(=O)C(CC(=O)N(C)CCN(C)CF)Cc1ccccc1)C(=O)NC(CC1CCCCC1)C(O)C(O)CC(C)C.FCF. The summed E-state index contributed by atoms with van der Waals surface area (Å²) in [4.78, 5) is 43.7. The number of aliphatic hydroxyl groups excluding tert-OH is 2. The van der Waals surface area contributed by atoms with E-state index in [4.69, 9.17) is 6.42 Å². The molecule has 0 radical (unpaired) electrons. The number of alkyl halides is 3. The van der Waals surface area contributed by atoms with Gasteiger partial charge in [-0.25, -0.2) is 13.2 Å². The number of likely N-dealkylation sites (N-methyl/N-ethyl adjacent to an activating group) is 2. The van der Waals surface area contributed by atoms with Gasteiger partial charge in [0.15, 0.2) is 0 Å². The molecule has 0 saturated heterocycles. The minimum atomic E-state index is -1.75. The van der Waals surface area contributed by atoms with Gasteiger partial charge in [-0.05, 0) is 50.1 Å². The molecule has 12 heteroatoms. The highest BCUT2D eigenvalue weighted by Crippen LogP contribution is 2.29. The van der Waals surface area contributed by atoms with E-state index in [1.165, 1.54) is 16.2 Å². The van der Waals surface area contributed by atoms with Gasteiger partial charge in [0, 0.05) is 33.0 Å². The Morgan fingerprint density at radius 3 is 2.18 bits per heavy atom. The summed E-state index contributed by atoms with van der Waals surface area (Å²) < 4.78 is 32.1. The Hall–Kier alpha value is -3.14. The topological polar surface area (TPSA) is 122 Å². The normalized spacial score (nSPS) is 16.4. The average molecular weight is 697 g/mol. The average Bonchev–Trinajstić information content (AvgIpc) is 3.08. The van der Waals surface area contributed by atoms with Crippen LogP contribution in [0.25, 0.3) is 0 Å². The number of carbonyl (C=O) groups is 3. The van der Waals surface area contributed by atoms with Crippen molar-refractivity contribution in [3.63, 3.8) is 0 Å². The van der Waals surface area contributed by atoms with Crippen molar-refractivity contribution in [2.45, 2.75) is 109 Å². The Bertz CT molecular complexity index is 1120. The fraction of sp³-hybridized carbons (Fsp3) is 0.703. The second-order valence-electron chi connectivity index (χ2n) is 13.6. The summed E-state index contributed by atoms with van der Waals surface area (Å²) in [6, 6.07) is 7.68. The number of rotatable bonds is 20. The van der Waals surface area contributed by atoms with Gasteiger partial charge in [-0.3, -0.25) is 19.3 Å². The van der Waals surface area contributed by atoms with E-state index < -0.39 is 55.8 Å². The summed E-state index contributed by atoms with van der Waals surface area (Å²) in [5.74, 6) is 1.06. The number of nitrogens with one attached hydrogen (secondary N) is 2. The van der Waals surface area contributed by atoms with Crippen LogP contribution in [0, 0.1) is 30.1 Å². The number of hydrogen-bond acceptors (Lipinski definition) is 6. The van der Waals surface area contributed by atoms with Crippen molar-refractivity contribution in [2.24, 2.45) is 17.8 Å². The molecule has 0 aromatic heterocycles. The maximum absolute atomic E-state index is 13.8. The zero-order valence-electron chi connectivity index (χ0n) is 29.8. The molecule has 0 bridgehead atoms. The monoisotopic (exact) mass is 696 g/mol. The van der Waals surface area contributed by atoms with E-state index in [-0.39, 0.29) is 37.5 Å². The summed E-state index contributed by atoms with van der Waals surface area (Å²) in [5.41, 5.74) is 0.870. The zero-order chi connectivity index (χ0) is 36.8. The Morgan fingerprint density at radius 2 is 1.61 bits per heavy atom. The van der Waals surface area contributed by atoms with Crippen LogP contribution in [0.3, 0.4) is 0 Å². The number of benzene rings is 1. The molecule has 4 unspecified atom stereocenters. The van der Waals surface area contributed by atoms with Gasteiger partial charge in [0.25, 0.3) is 0 Å². The third kappa shape index (κ3) is 17.9. The number of nitrogens with zero attached hydrogens (tertiary/aromatic N) is 2. The van der Waals surface area contributed by atoms with Crippen LogP contribution in [0.1, 0.15) is 83.6 Å². The van der Waals surface area contributed by atoms with Crippen LogP contribution >= 0.6 is 0 Å².